The predicted molar refractivity (Wildman–Crippen MR) is 63.3 cm³/mol. The first-order chi connectivity index (χ1) is 7.92. The summed E-state index contributed by atoms with van der Waals surface area (Å²) in [7, 11) is 0. The zero-order valence-corrected chi connectivity index (χ0v) is 9.60. The van der Waals surface area contributed by atoms with Crippen molar-refractivity contribution in [1.29, 1.82) is 0 Å². The first-order valence-corrected chi connectivity index (χ1v) is 6.14. The second-order valence-corrected chi connectivity index (χ2v) is 4.53. The molecule has 16 heavy (non-hydrogen) atoms. The number of hydrogen-bond acceptors (Lipinski definition) is 4. The van der Waals surface area contributed by atoms with E-state index in [1.165, 1.54) is 38.5 Å². The van der Waals surface area contributed by atoms with Crippen LogP contribution in [0.5, 0.6) is 0 Å². The summed E-state index contributed by atoms with van der Waals surface area (Å²) in [5.74, 6) is 6.29. The Balaban J connectivity index is 2.09. The van der Waals surface area contributed by atoms with Crippen LogP contribution in [0.2, 0.25) is 0 Å². The van der Waals surface area contributed by atoms with Gasteiger partial charge in [0.25, 0.3) is 0 Å². The molecule has 0 amide bonds. The molecule has 0 aromatic carbocycles. The van der Waals surface area contributed by atoms with E-state index >= 15 is 0 Å². The van der Waals surface area contributed by atoms with Crippen LogP contribution in [0.15, 0.2) is 18.6 Å². The molecule has 1 aliphatic carbocycles. The van der Waals surface area contributed by atoms with Gasteiger partial charge in [-0.05, 0) is 24.8 Å². The highest BCUT2D eigenvalue weighted by atomic mass is 15.2. The maximum Gasteiger partial charge on any atom is 0.115 e. The third kappa shape index (κ3) is 2.77. The smallest absolute Gasteiger partial charge is 0.115 e. The molecule has 0 spiro atoms. The van der Waals surface area contributed by atoms with E-state index in [0.29, 0.717) is 5.92 Å². The lowest BCUT2D eigenvalue weighted by Gasteiger charge is -2.24. The molecule has 0 bridgehead atoms. The molecule has 2 rings (SSSR count). The lowest BCUT2D eigenvalue weighted by molar-refractivity contribution is 0.323. The van der Waals surface area contributed by atoms with E-state index in [1.54, 1.807) is 12.5 Å². The molecule has 3 N–H and O–H groups in total. The van der Waals surface area contributed by atoms with E-state index < -0.39 is 0 Å². The number of hydrazine groups is 1. The van der Waals surface area contributed by atoms with Crippen LogP contribution < -0.4 is 11.3 Å². The van der Waals surface area contributed by atoms with Gasteiger partial charge in [0.2, 0.25) is 0 Å². The minimum Gasteiger partial charge on any atom is -0.271 e. The molecule has 1 aromatic heterocycles. The third-order valence-electron chi connectivity index (χ3n) is 3.47. The van der Waals surface area contributed by atoms with Gasteiger partial charge in [0, 0.05) is 6.20 Å². The van der Waals surface area contributed by atoms with Crippen LogP contribution in [0.25, 0.3) is 0 Å². The molecule has 1 aromatic rings. The molecule has 1 atom stereocenters. The van der Waals surface area contributed by atoms with Gasteiger partial charge in [-0.2, -0.15) is 0 Å². The third-order valence-corrected chi connectivity index (χ3v) is 3.47. The SMILES string of the molecule is NNC(c1ccncn1)C1CCCCCC1. The molecule has 1 heterocycles. The van der Waals surface area contributed by atoms with Gasteiger partial charge < -0.3 is 0 Å². The maximum absolute atomic E-state index is 5.68. The number of nitrogens with zero attached hydrogens (tertiary/aromatic N) is 2. The van der Waals surface area contributed by atoms with E-state index in [1.807, 2.05) is 6.07 Å². The van der Waals surface area contributed by atoms with Gasteiger partial charge in [-0.15, -0.1) is 0 Å². The fraction of sp³-hybridized carbons (Fsp3) is 0.667. The number of nitrogens with one attached hydrogen (secondary N) is 1. The summed E-state index contributed by atoms with van der Waals surface area (Å²) in [6.07, 6.45) is 11.2. The molecule has 1 saturated carbocycles. The zero-order chi connectivity index (χ0) is 11.2. The lowest BCUT2D eigenvalue weighted by Crippen LogP contribution is -2.34. The first kappa shape index (κ1) is 11.5. The molecule has 0 aliphatic heterocycles. The summed E-state index contributed by atoms with van der Waals surface area (Å²) < 4.78 is 0. The second-order valence-electron chi connectivity index (χ2n) is 4.53. The van der Waals surface area contributed by atoms with Crippen molar-refractivity contribution in [2.75, 3.05) is 0 Å². The highest BCUT2D eigenvalue weighted by Crippen LogP contribution is 2.31. The summed E-state index contributed by atoms with van der Waals surface area (Å²) in [4.78, 5) is 8.25. The Hall–Kier alpha value is -1.00. The van der Waals surface area contributed by atoms with Crippen LogP contribution in [-0.2, 0) is 0 Å². The van der Waals surface area contributed by atoms with Crippen LogP contribution >= 0.6 is 0 Å². The van der Waals surface area contributed by atoms with E-state index in [9.17, 15) is 0 Å². The van der Waals surface area contributed by atoms with E-state index in [0.717, 1.165) is 5.69 Å². The first-order valence-electron chi connectivity index (χ1n) is 6.14. The van der Waals surface area contributed by atoms with Crippen LogP contribution in [0.4, 0.5) is 0 Å². The van der Waals surface area contributed by atoms with Crippen LogP contribution in [0, 0.1) is 5.92 Å². The normalized spacial score (nSPS) is 20.3. The average molecular weight is 220 g/mol. The van der Waals surface area contributed by atoms with Crippen molar-refractivity contribution in [3.05, 3.63) is 24.3 Å². The predicted octanol–water partition coefficient (Wildman–Crippen LogP) is 1.95. The van der Waals surface area contributed by atoms with Crippen molar-refractivity contribution < 1.29 is 0 Å². The standard InChI is InChI=1S/C12H20N4/c13-16-12(11-7-8-14-9-15-11)10-5-3-1-2-4-6-10/h7-10,12,16H,1-6,13H2. The van der Waals surface area contributed by atoms with Gasteiger partial charge in [0.1, 0.15) is 6.33 Å². The lowest BCUT2D eigenvalue weighted by atomic mass is 9.90. The van der Waals surface area contributed by atoms with Gasteiger partial charge in [0.05, 0.1) is 11.7 Å². The molecule has 88 valence electrons. The van der Waals surface area contributed by atoms with Crippen molar-refractivity contribution in [2.24, 2.45) is 11.8 Å². The van der Waals surface area contributed by atoms with Gasteiger partial charge in [-0.25, -0.2) is 9.97 Å². The molecule has 1 unspecified atom stereocenters. The van der Waals surface area contributed by atoms with Crippen molar-refractivity contribution in [3.8, 4) is 0 Å². The largest absolute Gasteiger partial charge is 0.271 e. The minimum atomic E-state index is 0.182. The van der Waals surface area contributed by atoms with Crippen LogP contribution in [0.3, 0.4) is 0 Å². The molecule has 0 radical (unpaired) electrons. The summed E-state index contributed by atoms with van der Waals surface area (Å²) in [6.45, 7) is 0. The molecule has 4 heteroatoms. The van der Waals surface area contributed by atoms with Crippen molar-refractivity contribution in [2.45, 2.75) is 44.6 Å². The number of hydrogen-bond donors (Lipinski definition) is 2. The summed E-state index contributed by atoms with van der Waals surface area (Å²) in [6, 6.07) is 2.14. The maximum atomic E-state index is 5.68. The summed E-state index contributed by atoms with van der Waals surface area (Å²) in [5.41, 5.74) is 3.94. The van der Waals surface area contributed by atoms with Crippen molar-refractivity contribution in [1.82, 2.24) is 15.4 Å². The summed E-state index contributed by atoms with van der Waals surface area (Å²) >= 11 is 0. The molecular formula is C12H20N4. The number of nitrogens with two attached hydrogens (primary N) is 1. The Morgan fingerprint density at radius 2 is 2.00 bits per heavy atom. The quantitative estimate of drug-likeness (QED) is 0.464. The van der Waals surface area contributed by atoms with E-state index in [2.05, 4.69) is 15.4 Å². The molecular weight excluding hydrogens is 200 g/mol. The minimum absolute atomic E-state index is 0.182. The molecule has 4 nitrogen and oxygen atoms in total. The van der Waals surface area contributed by atoms with Crippen molar-refractivity contribution in [3.63, 3.8) is 0 Å². The fourth-order valence-electron chi connectivity index (χ4n) is 2.59. The van der Waals surface area contributed by atoms with Crippen LogP contribution in [0.1, 0.15) is 50.3 Å². The Kier molecular flexibility index (Phi) is 4.25. The number of aromatic nitrogens is 2. The highest BCUT2D eigenvalue weighted by Gasteiger charge is 2.23. The monoisotopic (exact) mass is 220 g/mol. The van der Waals surface area contributed by atoms with Gasteiger partial charge >= 0.3 is 0 Å². The molecule has 0 saturated heterocycles. The average Bonchev–Trinajstić information content (AvgIpc) is 2.61. The molecule has 1 aliphatic rings. The van der Waals surface area contributed by atoms with Gasteiger partial charge in [-0.3, -0.25) is 11.3 Å². The van der Waals surface area contributed by atoms with Crippen LogP contribution in [-0.4, -0.2) is 9.97 Å². The van der Waals surface area contributed by atoms with E-state index in [-0.39, 0.29) is 6.04 Å². The van der Waals surface area contributed by atoms with Gasteiger partial charge in [-0.1, -0.05) is 25.7 Å². The van der Waals surface area contributed by atoms with Gasteiger partial charge in [0.15, 0.2) is 0 Å². The Bertz CT molecular complexity index is 293. The fourth-order valence-corrected chi connectivity index (χ4v) is 2.59. The Morgan fingerprint density at radius 1 is 1.25 bits per heavy atom. The number of rotatable bonds is 3. The topological polar surface area (TPSA) is 63.8 Å². The zero-order valence-electron chi connectivity index (χ0n) is 9.60. The van der Waals surface area contributed by atoms with Crippen molar-refractivity contribution >= 4 is 0 Å². The second kappa shape index (κ2) is 5.92. The van der Waals surface area contributed by atoms with E-state index in [4.69, 9.17) is 5.84 Å². The molecule has 1 fully saturated rings. The Labute approximate surface area is 96.6 Å². The highest BCUT2D eigenvalue weighted by molar-refractivity contribution is 5.06. The Morgan fingerprint density at radius 3 is 2.56 bits per heavy atom. The summed E-state index contributed by atoms with van der Waals surface area (Å²) in [5, 5.41) is 0.